The van der Waals surface area contributed by atoms with Crippen LogP contribution < -0.4 is 4.90 Å². The Labute approximate surface area is 178 Å². The summed E-state index contributed by atoms with van der Waals surface area (Å²) in [5, 5.41) is 0. The first-order valence-electron chi connectivity index (χ1n) is 10.4. The second kappa shape index (κ2) is 10.1. The van der Waals surface area contributed by atoms with Gasteiger partial charge < -0.3 is 9.80 Å². The smallest absolute Gasteiger partial charge is 0.253 e. The van der Waals surface area contributed by atoms with Gasteiger partial charge in [0, 0.05) is 49.2 Å². The quantitative estimate of drug-likeness (QED) is 0.549. The first-order valence-corrected chi connectivity index (χ1v) is 11.0. The van der Waals surface area contributed by atoms with Crippen LogP contribution in [0.5, 0.6) is 0 Å². The minimum atomic E-state index is 0.0666. The van der Waals surface area contributed by atoms with Crippen molar-refractivity contribution in [3.8, 4) is 0 Å². The monoisotopic (exact) mass is 415 g/mol. The van der Waals surface area contributed by atoms with Crippen LogP contribution in [0.4, 0.5) is 15.3 Å². The maximum atomic E-state index is 12.9. The zero-order valence-corrected chi connectivity index (χ0v) is 18.3. The fourth-order valence-electron chi connectivity index (χ4n) is 3.98. The largest absolute Gasteiger partial charge is 0.339 e. The van der Waals surface area contributed by atoms with E-state index in [0.717, 1.165) is 37.3 Å². The van der Waals surface area contributed by atoms with E-state index in [1.165, 1.54) is 5.56 Å². The van der Waals surface area contributed by atoms with Crippen LogP contribution in [0.2, 0.25) is 0 Å². The summed E-state index contributed by atoms with van der Waals surface area (Å²) >= 11 is 0.338. The van der Waals surface area contributed by atoms with Gasteiger partial charge in [0.25, 0.3) is 5.91 Å². The fourth-order valence-corrected chi connectivity index (χ4v) is 4.32. The van der Waals surface area contributed by atoms with Crippen LogP contribution >= 0.6 is 12.3 Å². The van der Waals surface area contributed by atoms with Gasteiger partial charge in [-0.3, -0.25) is 4.79 Å². The molecule has 1 saturated heterocycles. The predicted octanol–water partition coefficient (Wildman–Crippen LogP) is 5.61. The molecule has 29 heavy (non-hydrogen) atoms. The van der Waals surface area contributed by atoms with Crippen molar-refractivity contribution < 1.29 is 8.68 Å². The molecule has 1 aliphatic heterocycles. The summed E-state index contributed by atoms with van der Waals surface area (Å²) in [6.45, 7) is 8.96. The van der Waals surface area contributed by atoms with Gasteiger partial charge in [0.15, 0.2) is 0 Å². The molecule has 0 bridgehead atoms. The highest BCUT2D eigenvalue weighted by molar-refractivity contribution is 7.91. The van der Waals surface area contributed by atoms with E-state index < -0.39 is 0 Å². The zero-order valence-electron chi connectivity index (χ0n) is 17.5. The summed E-state index contributed by atoms with van der Waals surface area (Å²) < 4.78 is 14.7. The molecule has 4 nitrogen and oxygen atoms in total. The van der Waals surface area contributed by atoms with Gasteiger partial charge in [0.1, 0.15) is 12.3 Å². The Morgan fingerprint density at radius 1 is 1.07 bits per heavy atom. The van der Waals surface area contributed by atoms with Crippen molar-refractivity contribution in [2.45, 2.75) is 39.7 Å². The highest BCUT2D eigenvalue weighted by Crippen LogP contribution is 2.34. The molecule has 1 aliphatic rings. The third-order valence-electron chi connectivity index (χ3n) is 5.61. The Balaban J connectivity index is 1.89. The van der Waals surface area contributed by atoms with Crippen LogP contribution in [-0.4, -0.2) is 47.3 Å². The van der Waals surface area contributed by atoms with Crippen molar-refractivity contribution in [3.05, 3.63) is 59.7 Å². The number of aryl methyl sites for hydroxylation is 1. The normalized spacial score (nSPS) is 15.3. The first kappa shape index (κ1) is 21.7. The van der Waals surface area contributed by atoms with Gasteiger partial charge in [0.05, 0.1) is 0 Å². The van der Waals surface area contributed by atoms with Crippen molar-refractivity contribution in [2.24, 2.45) is 0 Å². The van der Waals surface area contributed by atoms with E-state index in [2.05, 4.69) is 36.1 Å². The van der Waals surface area contributed by atoms with E-state index in [1.807, 2.05) is 43.0 Å². The maximum Gasteiger partial charge on any atom is 0.253 e. The van der Waals surface area contributed by atoms with E-state index in [4.69, 9.17) is 0 Å². The number of anilines is 2. The molecule has 0 saturated carbocycles. The lowest BCUT2D eigenvalue weighted by atomic mass is 10.0. The number of piperidine rings is 1. The predicted molar refractivity (Wildman–Crippen MR) is 120 cm³/mol. The molecule has 0 aromatic heterocycles. The molecule has 0 radical (unpaired) electrons. The van der Waals surface area contributed by atoms with Crippen LogP contribution in [0, 0.1) is 6.92 Å². The Morgan fingerprint density at radius 2 is 1.72 bits per heavy atom. The number of rotatable bonds is 7. The highest BCUT2D eigenvalue weighted by Gasteiger charge is 2.27. The van der Waals surface area contributed by atoms with Crippen molar-refractivity contribution in [3.63, 3.8) is 0 Å². The first-order chi connectivity index (χ1) is 14.1. The minimum absolute atomic E-state index is 0.0666. The number of carbonyl (C=O) groups is 1. The van der Waals surface area contributed by atoms with Gasteiger partial charge in [-0.25, -0.2) is 4.31 Å². The Morgan fingerprint density at radius 3 is 2.28 bits per heavy atom. The van der Waals surface area contributed by atoms with Gasteiger partial charge in [-0.2, -0.15) is 0 Å². The molecule has 0 unspecified atom stereocenters. The van der Waals surface area contributed by atoms with Crippen molar-refractivity contribution in [1.82, 2.24) is 9.21 Å². The third-order valence-corrected chi connectivity index (χ3v) is 6.17. The topological polar surface area (TPSA) is 26.8 Å². The van der Waals surface area contributed by atoms with E-state index in [0.29, 0.717) is 37.0 Å². The molecule has 0 spiro atoms. The van der Waals surface area contributed by atoms with E-state index in [-0.39, 0.29) is 5.91 Å². The number of benzene rings is 2. The number of hydrogen-bond donors (Lipinski definition) is 0. The molecule has 1 amide bonds. The summed E-state index contributed by atoms with van der Waals surface area (Å²) in [5.74, 6) is 0.0666. The zero-order chi connectivity index (χ0) is 20.8. The lowest BCUT2D eigenvalue weighted by Crippen LogP contribution is -2.40. The molecule has 6 heteroatoms. The van der Waals surface area contributed by atoms with Crippen molar-refractivity contribution in [1.29, 1.82) is 0 Å². The standard InChI is InChI=1S/C23H30FN3OS/c1-4-25(5-2)23(28)19-9-11-20(12-10-19)27(22-8-6-7-18(3)17-22)21-13-15-26(29-24)16-14-21/h6-12,17,21H,4-5,13-16H2,1-3H3. The number of carbonyl (C=O) groups excluding carboxylic acids is 1. The van der Waals surface area contributed by atoms with Gasteiger partial charge in [-0.15, -0.1) is 3.89 Å². The summed E-state index contributed by atoms with van der Waals surface area (Å²) in [6.07, 6.45) is 1.79. The van der Waals surface area contributed by atoms with Crippen molar-refractivity contribution in [2.75, 3.05) is 31.1 Å². The molecule has 0 N–H and O–H groups in total. The molecule has 1 fully saturated rings. The Kier molecular flexibility index (Phi) is 7.56. The summed E-state index contributed by atoms with van der Waals surface area (Å²) in [6, 6.07) is 16.7. The molecule has 0 aliphatic carbocycles. The molecule has 1 heterocycles. The van der Waals surface area contributed by atoms with Gasteiger partial charge in [-0.05, 0) is 75.6 Å². The van der Waals surface area contributed by atoms with Crippen LogP contribution in [-0.2, 0) is 0 Å². The molecule has 2 aromatic rings. The molecular weight excluding hydrogens is 385 g/mol. The minimum Gasteiger partial charge on any atom is -0.339 e. The third kappa shape index (κ3) is 5.11. The molecule has 3 rings (SSSR count). The second-order valence-corrected chi connectivity index (χ2v) is 8.12. The van der Waals surface area contributed by atoms with Crippen LogP contribution in [0.25, 0.3) is 0 Å². The Hall–Kier alpha value is -2.05. The van der Waals surface area contributed by atoms with Crippen LogP contribution in [0.15, 0.2) is 48.5 Å². The second-order valence-electron chi connectivity index (χ2n) is 7.46. The average Bonchev–Trinajstić information content (AvgIpc) is 2.76. The summed E-state index contributed by atoms with van der Waals surface area (Å²) in [5.41, 5.74) is 4.13. The molecule has 2 aromatic carbocycles. The number of halogens is 1. The SMILES string of the molecule is CCN(CC)C(=O)c1ccc(N(c2cccc(C)c2)C2CCN(SF)CC2)cc1. The van der Waals surface area contributed by atoms with E-state index >= 15 is 0 Å². The average molecular weight is 416 g/mol. The lowest BCUT2D eigenvalue weighted by molar-refractivity contribution is 0.0773. The van der Waals surface area contributed by atoms with Crippen molar-refractivity contribution >= 4 is 29.6 Å². The highest BCUT2D eigenvalue weighted by atomic mass is 32.2. The van der Waals surface area contributed by atoms with Crippen LogP contribution in [0.1, 0.15) is 42.6 Å². The number of hydrogen-bond acceptors (Lipinski definition) is 4. The molecule has 0 atom stereocenters. The number of nitrogens with zero attached hydrogens (tertiary/aromatic N) is 3. The van der Waals surface area contributed by atoms with E-state index in [1.54, 1.807) is 4.31 Å². The van der Waals surface area contributed by atoms with E-state index in [9.17, 15) is 8.68 Å². The van der Waals surface area contributed by atoms with Crippen LogP contribution in [0.3, 0.4) is 0 Å². The summed E-state index contributed by atoms with van der Waals surface area (Å²) in [4.78, 5) is 16.8. The van der Waals surface area contributed by atoms with Gasteiger partial charge >= 0.3 is 0 Å². The maximum absolute atomic E-state index is 12.9. The summed E-state index contributed by atoms with van der Waals surface area (Å²) in [7, 11) is 0. The molecule has 156 valence electrons. The lowest BCUT2D eigenvalue weighted by Gasteiger charge is -2.38. The fraction of sp³-hybridized carbons (Fsp3) is 0.435. The number of amides is 1. The van der Waals surface area contributed by atoms with Gasteiger partial charge in [0.2, 0.25) is 0 Å². The van der Waals surface area contributed by atoms with Gasteiger partial charge in [-0.1, -0.05) is 12.1 Å². The molecular formula is C23H30FN3OS. The Bertz CT molecular complexity index is 802.